The number of hydrogen-bond acceptors (Lipinski definition) is 8. The monoisotopic (exact) mass is 364 g/mol. The Hall–Kier alpha value is -1.03. The molecule has 0 N–H and O–H groups in total. The Bertz CT molecular complexity index is 298. The van der Waals surface area contributed by atoms with E-state index < -0.39 is 5.97 Å². The van der Waals surface area contributed by atoms with E-state index in [0.717, 1.165) is 6.08 Å². The van der Waals surface area contributed by atoms with Crippen molar-refractivity contribution in [3.8, 4) is 0 Å². The minimum absolute atomic E-state index is 0.214. The number of ether oxygens (including phenoxy) is 7. The van der Waals surface area contributed by atoms with Crippen molar-refractivity contribution in [3.05, 3.63) is 12.7 Å². The van der Waals surface area contributed by atoms with Crippen LogP contribution in [0.1, 0.15) is 6.92 Å². The molecule has 0 atom stereocenters. The number of carbonyl (C=O) groups excluding carboxylic acids is 1. The smallest absolute Gasteiger partial charge is 0.330 e. The van der Waals surface area contributed by atoms with Crippen LogP contribution < -0.4 is 0 Å². The number of esters is 1. The summed E-state index contributed by atoms with van der Waals surface area (Å²) in [5.41, 5.74) is 0. The molecule has 0 saturated carbocycles. The number of rotatable bonds is 20. The van der Waals surface area contributed by atoms with Crippen molar-refractivity contribution in [2.45, 2.75) is 6.92 Å². The van der Waals surface area contributed by atoms with Gasteiger partial charge in [-0.2, -0.15) is 0 Å². The molecule has 0 heterocycles. The van der Waals surface area contributed by atoms with E-state index >= 15 is 0 Å². The third-order valence-electron chi connectivity index (χ3n) is 2.70. The van der Waals surface area contributed by atoms with Crippen LogP contribution in [0.25, 0.3) is 0 Å². The Morgan fingerprint density at radius 2 is 0.960 bits per heavy atom. The Balaban J connectivity index is 3.00. The Kier molecular flexibility index (Phi) is 20.1. The highest BCUT2D eigenvalue weighted by molar-refractivity contribution is 5.81. The molecule has 0 bridgehead atoms. The van der Waals surface area contributed by atoms with E-state index in [2.05, 4.69) is 6.58 Å². The van der Waals surface area contributed by atoms with E-state index in [-0.39, 0.29) is 6.61 Å². The topological polar surface area (TPSA) is 81.7 Å². The first kappa shape index (κ1) is 24.0. The van der Waals surface area contributed by atoms with Crippen LogP contribution in [0.2, 0.25) is 0 Å². The van der Waals surface area contributed by atoms with Gasteiger partial charge in [0.1, 0.15) is 6.61 Å². The van der Waals surface area contributed by atoms with Gasteiger partial charge in [-0.25, -0.2) is 4.79 Å². The zero-order chi connectivity index (χ0) is 18.4. The van der Waals surface area contributed by atoms with Gasteiger partial charge in [0.2, 0.25) is 0 Å². The molecule has 0 aliphatic carbocycles. The van der Waals surface area contributed by atoms with Crippen LogP contribution in [-0.4, -0.2) is 91.9 Å². The molecule has 8 heteroatoms. The first-order valence-electron chi connectivity index (χ1n) is 8.57. The van der Waals surface area contributed by atoms with Crippen LogP contribution in [0.5, 0.6) is 0 Å². The second-order valence-electron chi connectivity index (χ2n) is 4.63. The SMILES string of the molecule is C=CC(=O)OCCOCCOCCOCCOCCOCCOCC. The predicted octanol–water partition coefficient (Wildman–Crippen LogP) is 0.835. The fourth-order valence-electron chi connectivity index (χ4n) is 1.50. The average molecular weight is 364 g/mol. The van der Waals surface area contributed by atoms with Gasteiger partial charge >= 0.3 is 5.97 Å². The molecule has 0 unspecified atom stereocenters. The largest absolute Gasteiger partial charge is 0.460 e. The molecule has 0 radical (unpaired) electrons. The summed E-state index contributed by atoms with van der Waals surface area (Å²) in [6.07, 6.45) is 1.12. The lowest BCUT2D eigenvalue weighted by molar-refractivity contribution is -0.139. The summed E-state index contributed by atoms with van der Waals surface area (Å²) in [5.74, 6) is -0.449. The summed E-state index contributed by atoms with van der Waals surface area (Å²) in [4.78, 5) is 10.7. The van der Waals surface area contributed by atoms with Gasteiger partial charge in [0.25, 0.3) is 0 Å². The molecule has 0 aliphatic rings. The average Bonchev–Trinajstić information content (AvgIpc) is 2.63. The van der Waals surface area contributed by atoms with Crippen LogP contribution in [0.4, 0.5) is 0 Å². The van der Waals surface area contributed by atoms with Crippen molar-refractivity contribution in [2.24, 2.45) is 0 Å². The lowest BCUT2D eigenvalue weighted by Crippen LogP contribution is -2.14. The molecule has 0 aromatic carbocycles. The maximum atomic E-state index is 10.7. The normalized spacial score (nSPS) is 10.8. The zero-order valence-corrected chi connectivity index (χ0v) is 15.2. The Labute approximate surface area is 150 Å². The fraction of sp³-hybridized carbons (Fsp3) is 0.824. The molecular weight excluding hydrogens is 332 g/mol. The molecule has 0 spiro atoms. The number of hydrogen-bond donors (Lipinski definition) is 0. The molecule has 0 aliphatic heterocycles. The standard InChI is InChI=1S/C17H32O8/c1-3-17(18)25-16-15-24-14-13-23-12-11-22-10-9-21-8-7-20-6-5-19-4-2/h3H,1,4-16H2,2H3. The minimum Gasteiger partial charge on any atom is -0.460 e. The summed E-state index contributed by atoms with van der Waals surface area (Å²) in [7, 11) is 0. The van der Waals surface area contributed by atoms with Crippen LogP contribution in [-0.2, 0) is 38.0 Å². The summed E-state index contributed by atoms with van der Waals surface area (Å²) < 4.78 is 36.5. The van der Waals surface area contributed by atoms with Gasteiger partial charge in [0, 0.05) is 12.7 Å². The van der Waals surface area contributed by atoms with Crippen molar-refractivity contribution in [1.29, 1.82) is 0 Å². The quantitative estimate of drug-likeness (QED) is 0.179. The maximum absolute atomic E-state index is 10.7. The van der Waals surface area contributed by atoms with Crippen LogP contribution in [0.3, 0.4) is 0 Å². The molecule has 0 aromatic heterocycles. The van der Waals surface area contributed by atoms with Gasteiger partial charge in [-0.15, -0.1) is 0 Å². The summed E-state index contributed by atoms with van der Waals surface area (Å²) in [6, 6.07) is 0. The first-order chi connectivity index (χ1) is 12.3. The molecule has 8 nitrogen and oxygen atoms in total. The highest BCUT2D eigenvalue weighted by atomic mass is 16.6. The first-order valence-corrected chi connectivity index (χ1v) is 8.57. The Morgan fingerprint density at radius 3 is 1.28 bits per heavy atom. The van der Waals surface area contributed by atoms with Crippen molar-refractivity contribution in [3.63, 3.8) is 0 Å². The molecule has 0 saturated heterocycles. The minimum atomic E-state index is -0.449. The summed E-state index contributed by atoms with van der Waals surface area (Å²) >= 11 is 0. The van der Waals surface area contributed by atoms with E-state index in [0.29, 0.717) is 79.3 Å². The highest BCUT2D eigenvalue weighted by Gasteiger charge is 1.96. The number of carbonyl (C=O) groups is 1. The highest BCUT2D eigenvalue weighted by Crippen LogP contribution is 1.85. The second-order valence-corrected chi connectivity index (χ2v) is 4.63. The van der Waals surface area contributed by atoms with Gasteiger partial charge in [-0.05, 0) is 6.92 Å². The lowest BCUT2D eigenvalue weighted by atomic mass is 10.6. The van der Waals surface area contributed by atoms with Crippen molar-refractivity contribution in [2.75, 3.05) is 85.9 Å². The van der Waals surface area contributed by atoms with Crippen LogP contribution in [0.15, 0.2) is 12.7 Å². The van der Waals surface area contributed by atoms with Gasteiger partial charge in [0.15, 0.2) is 0 Å². The zero-order valence-electron chi connectivity index (χ0n) is 15.2. The molecule has 0 fully saturated rings. The van der Waals surface area contributed by atoms with E-state index in [4.69, 9.17) is 33.2 Å². The molecule has 148 valence electrons. The van der Waals surface area contributed by atoms with E-state index in [1.807, 2.05) is 6.92 Å². The van der Waals surface area contributed by atoms with Crippen molar-refractivity contribution in [1.82, 2.24) is 0 Å². The fourth-order valence-corrected chi connectivity index (χ4v) is 1.50. The summed E-state index contributed by atoms with van der Waals surface area (Å²) in [6.45, 7) is 11.8. The van der Waals surface area contributed by atoms with Crippen LogP contribution in [0, 0.1) is 0 Å². The Morgan fingerprint density at radius 1 is 0.640 bits per heavy atom. The van der Waals surface area contributed by atoms with Crippen molar-refractivity contribution < 1.29 is 38.0 Å². The third kappa shape index (κ3) is 20.9. The maximum Gasteiger partial charge on any atom is 0.330 e. The molecule has 25 heavy (non-hydrogen) atoms. The van der Waals surface area contributed by atoms with Gasteiger partial charge in [-0.1, -0.05) is 6.58 Å². The second kappa shape index (κ2) is 21.0. The molecule has 0 rings (SSSR count). The summed E-state index contributed by atoms with van der Waals surface area (Å²) in [5, 5.41) is 0. The van der Waals surface area contributed by atoms with E-state index in [9.17, 15) is 4.79 Å². The van der Waals surface area contributed by atoms with Gasteiger partial charge in [0.05, 0.1) is 72.7 Å². The lowest BCUT2D eigenvalue weighted by Gasteiger charge is -2.08. The van der Waals surface area contributed by atoms with Gasteiger partial charge < -0.3 is 33.2 Å². The molecular formula is C17H32O8. The van der Waals surface area contributed by atoms with Crippen molar-refractivity contribution >= 4 is 5.97 Å². The van der Waals surface area contributed by atoms with E-state index in [1.165, 1.54) is 0 Å². The third-order valence-corrected chi connectivity index (χ3v) is 2.70. The predicted molar refractivity (Wildman–Crippen MR) is 91.7 cm³/mol. The molecule has 0 aromatic rings. The van der Waals surface area contributed by atoms with Gasteiger partial charge in [-0.3, -0.25) is 0 Å². The van der Waals surface area contributed by atoms with E-state index in [1.54, 1.807) is 0 Å². The van der Waals surface area contributed by atoms with Crippen LogP contribution >= 0.6 is 0 Å². The molecule has 0 amide bonds.